The number of halogens is 2. The summed E-state index contributed by atoms with van der Waals surface area (Å²) in [7, 11) is 0. The van der Waals surface area contributed by atoms with Gasteiger partial charge in [-0.1, -0.05) is 36.4 Å². The fourth-order valence-electron chi connectivity index (χ4n) is 1.82. The number of hydrogen-bond acceptors (Lipinski definition) is 4. The topological polar surface area (TPSA) is 37.3 Å². The van der Waals surface area contributed by atoms with E-state index in [1.807, 2.05) is 53.9 Å². The van der Waals surface area contributed by atoms with E-state index in [4.69, 9.17) is 0 Å². The van der Waals surface area contributed by atoms with Crippen molar-refractivity contribution in [1.29, 1.82) is 0 Å². The molecule has 1 heterocycles. The average Bonchev–Trinajstić information content (AvgIpc) is 3.01. The van der Waals surface area contributed by atoms with Crippen LogP contribution in [-0.2, 0) is 0 Å². The molecule has 110 valence electrons. The largest absolute Gasteiger partial charge is 0.253 e. The van der Waals surface area contributed by atoms with Gasteiger partial charge in [-0.05, 0) is 56.2 Å². The fourth-order valence-corrected chi connectivity index (χ4v) is 3.22. The summed E-state index contributed by atoms with van der Waals surface area (Å²) < 4.78 is 2.24. The quantitative estimate of drug-likeness (QED) is 0.297. The van der Waals surface area contributed by atoms with Crippen molar-refractivity contribution in [1.82, 2.24) is 4.98 Å². The number of nitrogens with zero attached hydrogens (tertiary/aromatic N) is 2. The van der Waals surface area contributed by atoms with Crippen molar-refractivity contribution in [2.24, 2.45) is 5.10 Å². The van der Waals surface area contributed by atoms with Crippen LogP contribution in [0.4, 0.5) is 5.13 Å². The highest BCUT2D eigenvalue weighted by Crippen LogP contribution is 2.24. The van der Waals surface area contributed by atoms with Crippen molar-refractivity contribution in [2.45, 2.75) is 0 Å². The first kappa shape index (κ1) is 15.6. The van der Waals surface area contributed by atoms with Crippen molar-refractivity contribution in [3.05, 3.63) is 67.5 Å². The van der Waals surface area contributed by atoms with E-state index in [0.29, 0.717) is 0 Å². The maximum atomic E-state index is 4.53. The molecule has 0 amide bonds. The minimum atomic E-state index is 0.777. The molecule has 0 radical (unpaired) electrons. The number of hydrazone groups is 1. The predicted octanol–water partition coefficient (Wildman–Crippen LogP) is 5.62. The molecule has 3 rings (SSSR count). The van der Waals surface area contributed by atoms with Gasteiger partial charge in [0.15, 0.2) is 0 Å². The first-order chi connectivity index (χ1) is 10.7. The molecule has 0 atom stereocenters. The van der Waals surface area contributed by atoms with E-state index >= 15 is 0 Å². The molecule has 0 spiro atoms. The Morgan fingerprint density at radius 1 is 1.18 bits per heavy atom. The molecule has 1 aromatic heterocycles. The Labute approximate surface area is 154 Å². The van der Waals surface area contributed by atoms with E-state index in [1.54, 1.807) is 6.21 Å². The number of rotatable bonds is 4. The second-order valence-electron chi connectivity index (χ2n) is 4.45. The van der Waals surface area contributed by atoms with Crippen LogP contribution in [-0.4, -0.2) is 11.2 Å². The van der Waals surface area contributed by atoms with E-state index in [2.05, 4.69) is 54.0 Å². The van der Waals surface area contributed by atoms with Gasteiger partial charge in [0.1, 0.15) is 0 Å². The summed E-state index contributed by atoms with van der Waals surface area (Å²) in [5, 5.41) is 7.04. The Balaban J connectivity index is 1.68. The minimum absolute atomic E-state index is 0.777. The molecule has 6 heteroatoms. The molecule has 0 fully saturated rings. The molecule has 0 aliphatic heterocycles. The van der Waals surface area contributed by atoms with Crippen LogP contribution < -0.4 is 5.43 Å². The van der Waals surface area contributed by atoms with Gasteiger partial charge >= 0.3 is 0 Å². The third-order valence-electron chi connectivity index (χ3n) is 2.89. The zero-order valence-electron chi connectivity index (χ0n) is 11.3. The maximum Gasteiger partial charge on any atom is 0.203 e. The summed E-state index contributed by atoms with van der Waals surface area (Å²) in [6.45, 7) is 0. The summed E-state index contributed by atoms with van der Waals surface area (Å²) in [6.07, 6.45) is 1.78. The molecule has 3 aromatic rings. The fraction of sp³-hybridized carbons (Fsp3) is 0. The van der Waals surface area contributed by atoms with Crippen LogP contribution in [0.2, 0.25) is 0 Å². The van der Waals surface area contributed by atoms with Gasteiger partial charge in [-0.3, -0.25) is 5.43 Å². The van der Waals surface area contributed by atoms with Gasteiger partial charge in [-0.25, -0.2) is 4.98 Å². The number of aromatic nitrogens is 1. The molecule has 3 nitrogen and oxygen atoms in total. The highest BCUT2D eigenvalue weighted by molar-refractivity contribution is 14.1. The molecule has 0 saturated carbocycles. The molecule has 22 heavy (non-hydrogen) atoms. The summed E-state index contributed by atoms with van der Waals surface area (Å²) >= 11 is 7.33. The van der Waals surface area contributed by atoms with E-state index in [0.717, 1.165) is 26.4 Å². The minimum Gasteiger partial charge on any atom is -0.253 e. The van der Waals surface area contributed by atoms with Crippen molar-refractivity contribution >= 4 is 61.2 Å². The summed E-state index contributed by atoms with van der Waals surface area (Å²) in [5.41, 5.74) is 6.07. The zero-order valence-corrected chi connectivity index (χ0v) is 15.9. The lowest BCUT2D eigenvalue weighted by atomic mass is 10.2. The first-order valence-electron chi connectivity index (χ1n) is 6.47. The molecular weight excluding hydrogens is 473 g/mol. The Bertz CT molecular complexity index is 802. The second-order valence-corrected chi connectivity index (χ2v) is 7.32. The van der Waals surface area contributed by atoms with Gasteiger partial charge < -0.3 is 0 Å². The average molecular weight is 484 g/mol. The number of benzene rings is 2. The van der Waals surface area contributed by atoms with Crippen LogP contribution in [0.1, 0.15) is 5.56 Å². The Morgan fingerprint density at radius 2 is 2.00 bits per heavy atom. The van der Waals surface area contributed by atoms with Gasteiger partial charge in [0.25, 0.3) is 0 Å². The lowest BCUT2D eigenvalue weighted by molar-refractivity contribution is 1.29. The maximum absolute atomic E-state index is 4.53. The summed E-state index contributed by atoms with van der Waals surface area (Å²) in [4.78, 5) is 4.53. The van der Waals surface area contributed by atoms with Gasteiger partial charge in [0, 0.05) is 19.0 Å². The summed E-state index contributed by atoms with van der Waals surface area (Å²) in [5.74, 6) is 0. The third kappa shape index (κ3) is 3.93. The normalized spacial score (nSPS) is 11.0. The van der Waals surface area contributed by atoms with Crippen molar-refractivity contribution < 1.29 is 0 Å². The Hall–Kier alpha value is -1.25. The lowest BCUT2D eigenvalue weighted by Crippen LogP contribution is -1.90. The molecular formula is C16H11BrIN3S. The lowest BCUT2D eigenvalue weighted by Gasteiger charge is -1.98. The van der Waals surface area contributed by atoms with E-state index in [9.17, 15) is 0 Å². The van der Waals surface area contributed by atoms with E-state index < -0.39 is 0 Å². The number of hydrogen-bond donors (Lipinski definition) is 1. The van der Waals surface area contributed by atoms with Gasteiger partial charge in [-0.2, -0.15) is 5.10 Å². The monoisotopic (exact) mass is 483 g/mol. The molecule has 0 aliphatic carbocycles. The molecule has 2 aromatic carbocycles. The van der Waals surface area contributed by atoms with Crippen LogP contribution >= 0.6 is 49.9 Å². The highest BCUT2D eigenvalue weighted by Gasteiger charge is 2.02. The molecule has 0 unspecified atom stereocenters. The first-order valence-corrected chi connectivity index (χ1v) is 9.22. The number of nitrogens with one attached hydrogen (secondary N) is 1. The highest BCUT2D eigenvalue weighted by atomic mass is 127. The molecule has 0 saturated heterocycles. The van der Waals surface area contributed by atoms with Gasteiger partial charge in [0.2, 0.25) is 5.13 Å². The SMILES string of the molecule is Brc1cc(C=NNc2nc(-c3ccccc3)cs2)ccc1I. The van der Waals surface area contributed by atoms with Crippen LogP contribution in [0.15, 0.2) is 63.5 Å². The van der Waals surface area contributed by atoms with Crippen LogP contribution in [0.3, 0.4) is 0 Å². The number of thiazole rings is 1. The smallest absolute Gasteiger partial charge is 0.203 e. The Morgan fingerprint density at radius 3 is 2.77 bits per heavy atom. The van der Waals surface area contributed by atoms with Crippen LogP contribution in [0, 0.1) is 3.57 Å². The van der Waals surface area contributed by atoms with Crippen molar-refractivity contribution in [3.8, 4) is 11.3 Å². The zero-order chi connectivity index (χ0) is 15.4. The molecule has 0 aliphatic rings. The molecule has 1 N–H and O–H groups in total. The predicted molar refractivity (Wildman–Crippen MR) is 106 cm³/mol. The van der Waals surface area contributed by atoms with Gasteiger partial charge in [0.05, 0.1) is 11.9 Å². The van der Waals surface area contributed by atoms with E-state index in [-0.39, 0.29) is 0 Å². The van der Waals surface area contributed by atoms with Gasteiger partial charge in [-0.15, -0.1) is 11.3 Å². The van der Waals surface area contributed by atoms with E-state index in [1.165, 1.54) is 14.9 Å². The summed E-state index contributed by atoms with van der Waals surface area (Å²) in [6, 6.07) is 16.2. The van der Waals surface area contributed by atoms with Crippen LogP contribution in [0.25, 0.3) is 11.3 Å². The standard InChI is InChI=1S/C16H11BrIN3S/c17-13-8-11(6-7-14(13)18)9-19-21-16-20-15(10-22-16)12-4-2-1-3-5-12/h1-10H,(H,20,21). The third-order valence-corrected chi connectivity index (χ3v) is 5.98. The van der Waals surface area contributed by atoms with Crippen LogP contribution in [0.5, 0.6) is 0 Å². The van der Waals surface area contributed by atoms with Crippen molar-refractivity contribution in [2.75, 3.05) is 5.43 Å². The molecule has 0 bridgehead atoms. The second kappa shape index (κ2) is 7.34. The van der Waals surface area contributed by atoms with Crippen molar-refractivity contribution in [3.63, 3.8) is 0 Å². The number of anilines is 1. The Kier molecular flexibility index (Phi) is 5.22.